The summed E-state index contributed by atoms with van der Waals surface area (Å²) in [6.07, 6.45) is 0. The highest BCUT2D eigenvalue weighted by Crippen LogP contribution is 1.84. The Morgan fingerprint density at radius 1 is 1.40 bits per heavy atom. The Labute approximate surface area is 62.1 Å². The van der Waals surface area contributed by atoms with Crippen LogP contribution in [0.3, 0.4) is 0 Å². The van der Waals surface area contributed by atoms with Gasteiger partial charge in [0.2, 0.25) is 0 Å². The molecule has 0 radical (unpaired) electrons. The minimum Gasteiger partial charge on any atom is -0.329 e. The summed E-state index contributed by atoms with van der Waals surface area (Å²) >= 11 is 0. The van der Waals surface area contributed by atoms with Crippen LogP contribution in [-0.4, -0.2) is 31.7 Å². The molecular weight excluding hydrogens is 128 g/mol. The molecule has 0 heterocycles. The van der Waals surface area contributed by atoms with Crippen molar-refractivity contribution >= 4 is 0 Å². The highest BCUT2D eigenvalue weighted by molar-refractivity contribution is 4.75. The SMILES string of the molecule is CC(NCCN)C(N)CN. The van der Waals surface area contributed by atoms with Crippen LogP contribution in [0.2, 0.25) is 0 Å². The lowest BCUT2D eigenvalue weighted by molar-refractivity contribution is 0.467. The van der Waals surface area contributed by atoms with Crippen molar-refractivity contribution in [1.29, 1.82) is 0 Å². The van der Waals surface area contributed by atoms with E-state index >= 15 is 0 Å². The number of nitrogens with one attached hydrogen (secondary N) is 1. The first kappa shape index (κ1) is 9.84. The zero-order valence-corrected chi connectivity index (χ0v) is 6.51. The molecule has 7 N–H and O–H groups in total. The van der Waals surface area contributed by atoms with Gasteiger partial charge in [-0.2, -0.15) is 0 Å². The fourth-order valence-electron chi connectivity index (χ4n) is 0.667. The molecule has 0 aromatic carbocycles. The number of hydrogen-bond acceptors (Lipinski definition) is 4. The summed E-state index contributed by atoms with van der Waals surface area (Å²) in [7, 11) is 0. The van der Waals surface area contributed by atoms with E-state index in [9.17, 15) is 0 Å². The molecule has 2 unspecified atom stereocenters. The molecule has 0 amide bonds. The highest BCUT2D eigenvalue weighted by atomic mass is 15.0. The Hall–Kier alpha value is -0.160. The van der Waals surface area contributed by atoms with Crippen molar-refractivity contribution in [3.05, 3.63) is 0 Å². The number of rotatable bonds is 5. The average Bonchev–Trinajstić information content (AvgIpc) is 1.98. The Morgan fingerprint density at radius 2 is 2.00 bits per heavy atom. The molecule has 0 aromatic heterocycles. The van der Waals surface area contributed by atoms with Gasteiger partial charge in [-0.3, -0.25) is 0 Å². The second-order valence-electron chi connectivity index (χ2n) is 2.43. The third kappa shape index (κ3) is 3.79. The van der Waals surface area contributed by atoms with Crippen LogP contribution >= 0.6 is 0 Å². The van der Waals surface area contributed by atoms with Gasteiger partial charge in [-0.15, -0.1) is 0 Å². The second-order valence-corrected chi connectivity index (χ2v) is 2.43. The van der Waals surface area contributed by atoms with Crippen LogP contribution in [0, 0.1) is 0 Å². The minimum atomic E-state index is 0.0338. The molecule has 62 valence electrons. The summed E-state index contributed by atoms with van der Waals surface area (Å²) in [6.45, 7) is 3.96. The van der Waals surface area contributed by atoms with Crippen molar-refractivity contribution in [2.24, 2.45) is 17.2 Å². The molecule has 4 nitrogen and oxygen atoms in total. The van der Waals surface area contributed by atoms with Crippen molar-refractivity contribution in [2.75, 3.05) is 19.6 Å². The molecule has 0 bridgehead atoms. The molecule has 0 saturated carbocycles. The maximum atomic E-state index is 5.63. The molecule has 4 heteroatoms. The molecule has 2 atom stereocenters. The normalized spacial score (nSPS) is 16.8. The first-order valence-electron chi connectivity index (χ1n) is 3.61. The van der Waals surface area contributed by atoms with Gasteiger partial charge in [0, 0.05) is 31.7 Å². The largest absolute Gasteiger partial charge is 0.329 e. The number of hydrogen-bond donors (Lipinski definition) is 4. The van der Waals surface area contributed by atoms with Crippen LogP contribution in [0.1, 0.15) is 6.92 Å². The van der Waals surface area contributed by atoms with E-state index in [4.69, 9.17) is 17.2 Å². The molecular formula is C6H18N4. The first-order valence-corrected chi connectivity index (χ1v) is 3.61. The zero-order valence-electron chi connectivity index (χ0n) is 6.51. The van der Waals surface area contributed by atoms with Crippen LogP contribution in [0.25, 0.3) is 0 Å². The van der Waals surface area contributed by atoms with Gasteiger partial charge in [-0.1, -0.05) is 0 Å². The van der Waals surface area contributed by atoms with E-state index in [1.54, 1.807) is 0 Å². The van der Waals surface area contributed by atoms with E-state index in [0.29, 0.717) is 13.1 Å². The Morgan fingerprint density at radius 3 is 2.40 bits per heavy atom. The van der Waals surface area contributed by atoms with Gasteiger partial charge >= 0.3 is 0 Å². The van der Waals surface area contributed by atoms with Crippen LogP contribution in [0.5, 0.6) is 0 Å². The topological polar surface area (TPSA) is 90.1 Å². The minimum absolute atomic E-state index is 0.0338. The lowest BCUT2D eigenvalue weighted by Crippen LogP contribution is -2.48. The molecule has 10 heavy (non-hydrogen) atoms. The second kappa shape index (κ2) is 5.61. The fraction of sp³-hybridized carbons (Fsp3) is 1.00. The van der Waals surface area contributed by atoms with Crippen molar-refractivity contribution in [3.63, 3.8) is 0 Å². The summed E-state index contributed by atoms with van der Waals surface area (Å²) in [4.78, 5) is 0. The molecule has 0 spiro atoms. The van der Waals surface area contributed by atoms with Crippen LogP contribution in [0.15, 0.2) is 0 Å². The van der Waals surface area contributed by atoms with Crippen LogP contribution < -0.4 is 22.5 Å². The Bertz CT molecular complexity index is 76.1. The summed E-state index contributed by atoms with van der Waals surface area (Å²) in [5.74, 6) is 0. The van der Waals surface area contributed by atoms with Crippen molar-refractivity contribution < 1.29 is 0 Å². The summed E-state index contributed by atoms with van der Waals surface area (Å²) in [5.41, 5.74) is 16.3. The quantitative estimate of drug-likeness (QED) is 0.369. The highest BCUT2D eigenvalue weighted by Gasteiger charge is 2.07. The van der Waals surface area contributed by atoms with E-state index in [-0.39, 0.29) is 12.1 Å². The van der Waals surface area contributed by atoms with Crippen molar-refractivity contribution in [3.8, 4) is 0 Å². The lowest BCUT2D eigenvalue weighted by Gasteiger charge is -2.18. The monoisotopic (exact) mass is 146 g/mol. The summed E-state index contributed by atoms with van der Waals surface area (Å²) < 4.78 is 0. The standard InChI is InChI=1S/C6H18N4/c1-5(6(9)4-8)10-3-2-7/h5-6,10H,2-4,7-9H2,1H3. The Balaban J connectivity index is 3.31. The van der Waals surface area contributed by atoms with Gasteiger partial charge in [0.15, 0.2) is 0 Å². The molecule has 0 rings (SSSR count). The van der Waals surface area contributed by atoms with E-state index in [1.807, 2.05) is 6.92 Å². The maximum absolute atomic E-state index is 5.63. The number of nitrogens with two attached hydrogens (primary N) is 3. The van der Waals surface area contributed by atoms with E-state index in [2.05, 4.69) is 5.32 Å². The van der Waals surface area contributed by atoms with E-state index in [1.165, 1.54) is 0 Å². The van der Waals surface area contributed by atoms with Crippen molar-refractivity contribution in [1.82, 2.24) is 5.32 Å². The third-order valence-corrected chi connectivity index (χ3v) is 1.53. The lowest BCUT2D eigenvalue weighted by atomic mass is 10.1. The maximum Gasteiger partial charge on any atom is 0.0316 e. The third-order valence-electron chi connectivity index (χ3n) is 1.53. The molecule has 0 aliphatic heterocycles. The summed E-state index contributed by atoms with van der Waals surface area (Å²) in [5, 5.41) is 3.15. The average molecular weight is 146 g/mol. The predicted octanol–water partition coefficient (Wildman–Crippen LogP) is -1.79. The van der Waals surface area contributed by atoms with Crippen LogP contribution in [0.4, 0.5) is 0 Å². The van der Waals surface area contributed by atoms with Gasteiger partial charge in [0.05, 0.1) is 0 Å². The first-order chi connectivity index (χ1) is 4.72. The van der Waals surface area contributed by atoms with Gasteiger partial charge in [0.1, 0.15) is 0 Å². The smallest absolute Gasteiger partial charge is 0.0316 e. The van der Waals surface area contributed by atoms with E-state index in [0.717, 1.165) is 6.54 Å². The van der Waals surface area contributed by atoms with Crippen LogP contribution in [-0.2, 0) is 0 Å². The summed E-state index contributed by atoms with van der Waals surface area (Å²) in [6, 6.07) is 0.292. The molecule has 0 fully saturated rings. The van der Waals surface area contributed by atoms with Gasteiger partial charge in [-0.25, -0.2) is 0 Å². The Kier molecular flexibility index (Phi) is 5.52. The molecule has 0 saturated heterocycles. The van der Waals surface area contributed by atoms with Gasteiger partial charge in [0.25, 0.3) is 0 Å². The predicted molar refractivity (Wildman–Crippen MR) is 43.5 cm³/mol. The molecule has 0 aliphatic carbocycles. The zero-order chi connectivity index (χ0) is 7.98. The molecule has 0 aliphatic rings. The van der Waals surface area contributed by atoms with E-state index < -0.39 is 0 Å². The van der Waals surface area contributed by atoms with Gasteiger partial charge in [-0.05, 0) is 6.92 Å². The molecule has 0 aromatic rings. The fourth-order valence-corrected chi connectivity index (χ4v) is 0.667. The van der Waals surface area contributed by atoms with Crippen molar-refractivity contribution in [2.45, 2.75) is 19.0 Å². The van der Waals surface area contributed by atoms with Gasteiger partial charge < -0.3 is 22.5 Å².